The summed E-state index contributed by atoms with van der Waals surface area (Å²) < 4.78 is 23.9. The first-order chi connectivity index (χ1) is 11.3. The van der Waals surface area contributed by atoms with E-state index in [1.165, 1.54) is 0 Å². The number of benzene rings is 1. The van der Waals surface area contributed by atoms with Crippen molar-refractivity contribution in [3.8, 4) is 17.5 Å². The fourth-order valence-corrected chi connectivity index (χ4v) is 2.12. The molecule has 0 radical (unpaired) electrons. The Kier molecular flexibility index (Phi) is 4.41. The number of nitriles is 1. The molecule has 0 aliphatic heterocycles. The molecule has 1 heterocycles. The van der Waals surface area contributed by atoms with E-state index in [4.69, 9.17) is 11.0 Å². The molecular formula is C15H12FN3O5. The minimum atomic E-state index is -1.01. The molecule has 2 rings (SSSR count). The molecule has 0 saturated heterocycles. The first-order valence-corrected chi connectivity index (χ1v) is 6.46. The van der Waals surface area contributed by atoms with Crippen LogP contribution in [0.15, 0.2) is 18.3 Å². The lowest BCUT2D eigenvalue weighted by molar-refractivity contribution is 0.0586. The number of phenolic OH excluding ortho intramolecular Hbond substituents is 1. The maximum absolute atomic E-state index is 13.8. The number of carbonyl (C=O) groups excluding carboxylic acids is 2. The average Bonchev–Trinajstić information content (AvgIpc) is 2.90. The average molecular weight is 333 g/mol. The third-order valence-electron chi connectivity index (χ3n) is 3.27. The third-order valence-corrected chi connectivity index (χ3v) is 3.27. The van der Waals surface area contributed by atoms with Crippen LogP contribution >= 0.6 is 0 Å². The van der Waals surface area contributed by atoms with Crippen LogP contribution in [-0.2, 0) is 9.47 Å². The van der Waals surface area contributed by atoms with Crippen molar-refractivity contribution in [1.29, 1.82) is 5.26 Å². The largest absolute Gasteiger partial charge is 0.506 e. The third kappa shape index (κ3) is 2.61. The molecule has 24 heavy (non-hydrogen) atoms. The fraction of sp³-hybridized carbons (Fsp3) is 0.133. The van der Waals surface area contributed by atoms with Gasteiger partial charge in [0.2, 0.25) is 0 Å². The number of aromatic nitrogens is 1. The van der Waals surface area contributed by atoms with E-state index in [2.05, 4.69) is 9.47 Å². The summed E-state index contributed by atoms with van der Waals surface area (Å²) in [5.41, 5.74) is 4.65. The standard InChI is InChI=1S/C15H12FN3O5/c1-23-14(21)8-3-10(11(20)4-9(8)16)19-6-7(5-17)12(18)13(19)15(22)24-2/h3-4,6,20H,18H2,1-2H3. The van der Waals surface area contributed by atoms with Crippen LogP contribution in [0.3, 0.4) is 0 Å². The van der Waals surface area contributed by atoms with Crippen molar-refractivity contribution in [2.75, 3.05) is 20.0 Å². The lowest BCUT2D eigenvalue weighted by Gasteiger charge is -2.12. The van der Waals surface area contributed by atoms with Crippen molar-refractivity contribution in [3.63, 3.8) is 0 Å². The van der Waals surface area contributed by atoms with Crippen LogP contribution in [0.4, 0.5) is 10.1 Å². The Morgan fingerprint density at radius 1 is 1.29 bits per heavy atom. The summed E-state index contributed by atoms with van der Waals surface area (Å²) in [6.45, 7) is 0. The quantitative estimate of drug-likeness (QED) is 0.811. The van der Waals surface area contributed by atoms with Crippen molar-refractivity contribution in [1.82, 2.24) is 4.57 Å². The van der Waals surface area contributed by atoms with Crippen molar-refractivity contribution in [2.45, 2.75) is 0 Å². The Balaban J connectivity index is 2.80. The van der Waals surface area contributed by atoms with Gasteiger partial charge in [0.15, 0.2) is 5.69 Å². The van der Waals surface area contributed by atoms with Gasteiger partial charge in [-0.05, 0) is 6.07 Å². The summed E-state index contributed by atoms with van der Waals surface area (Å²) in [4.78, 5) is 23.5. The van der Waals surface area contributed by atoms with E-state index >= 15 is 0 Å². The number of hydrogen-bond donors (Lipinski definition) is 2. The second-order valence-electron chi connectivity index (χ2n) is 4.59. The second kappa shape index (κ2) is 6.29. The smallest absolute Gasteiger partial charge is 0.357 e. The number of esters is 2. The number of methoxy groups -OCH3 is 2. The van der Waals surface area contributed by atoms with Crippen molar-refractivity contribution >= 4 is 17.6 Å². The number of nitrogen functional groups attached to an aromatic ring is 1. The van der Waals surface area contributed by atoms with Gasteiger partial charge in [0, 0.05) is 12.3 Å². The molecule has 0 aliphatic carbocycles. The molecule has 1 aromatic heterocycles. The Hall–Kier alpha value is -3.54. The maximum atomic E-state index is 13.8. The van der Waals surface area contributed by atoms with Gasteiger partial charge in [0.25, 0.3) is 0 Å². The first kappa shape index (κ1) is 16.8. The highest BCUT2D eigenvalue weighted by molar-refractivity contribution is 5.96. The SMILES string of the molecule is COC(=O)c1cc(-n2cc(C#N)c(N)c2C(=O)OC)c(O)cc1F. The summed E-state index contributed by atoms with van der Waals surface area (Å²) >= 11 is 0. The number of nitrogens with zero attached hydrogens (tertiary/aromatic N) is 2. The molecule has 9 heteroatoms. The number of hydrogen-bond acceptors (Lipinski definition) is 7. The molecule has 0 amide bonds. The predicted octanol–water partition coefficient (Wildman–Crippen LogP) is 1.35. The molecule has 0 atom stereocenters. The molecule has 2 aromatic rings. The Bertz CT molecular complexity index is 882. The predicted molar refractivity (Wildman–Crippen MR) is 79.2 cm³/mol. The molecule has 0 unspecified atom stereocenters. The summed E-state index contributed by atoms with van der Waals surface area (Å²) in [5, 5.41) is 19.0. The van der Waals surface area contributed by atoms with Crippen LogP contribution < -0.4 is 5.73 Å². The van der Waals surface area contributed by atoms with Crippen molar-refractivity contribution < 1.29 is 28.6 Å². The first-order valence-electron chi connectivity index (χ1n) is 6.46. The fourth-order valence-electron chi connectivity index (χ4n) is 2.12. The van der Waals surface area contributed by atoms with Gasteiger partial charge in [0.1, 0.15) is 17.6 Å². The highest BCUT2D eigenvalue weighted by Crippen LogP contribution is 2.31. The summed E-state index contributed by atoms with van der Waals surface area (Å²) in [6, 6.07) is 3.44. The zero-order valence-corrected chi connectivity index (χ0v) is 12.7. The van der Waals surface area contributed by atoms with E-state index in [1.54, 1.807) is 6.07 Å². The monoisotopic (exact) mass is 333 g/mol. The number of carbonyl (C=O) groups is 2. The van der Waals surface area contributed by atoms with E-state index < -0.39 is 29.1 Å². The van der Waals surface area contributed by atoms with Crippen LogP contribution in [0.2, 0.25) is 0 Å². The van der Waals surface area contributed by atoms with Crippen LogP contribution in [0, 0.1) is 17.1 Å². The summed E-state index contributed by atoms with van der Waals surface area (Å²) in [7, 11) is 2.17. The Morgan fingerprint density at radius 3 is 2.46 bits per heavy atom. The van der Waals surface area contributed by atoms with Crippen LogP contribution in [0.5, 0.6) is 5.75 Å². The van der Waals surface area contributed by atoms with Gasteiger partial charge < -0.3 is 24.9 Å². The van der Waals surface area contributed by atoms with E-state index in [1.807, 2.05) is 0 Å². The number of nitrogens with two attached hydrogens (primary N) is 1. The summed E-state index contributed by atoms with van der Waals surface area (Å²) in [6.07, 6.45) is 1.16. The van der Waals surface area contributed by atoms with Gasteiger partial charge >= 0.3 is 11.9 Å². The zero-order chi connectivity index (χ0) is 18.0. The molecule has 0 saturated carbocycles. The molecule has 3 N–H and O–H groups in total. The zero-order valence-electron chi connectivity index (χ0n) is 12.7. The highest BCUT2D eigenvalue weighted by atomic mass is 19.1. The molecule has 0 bridgehead atoms. The van der Waals surface area contributed by atoms with Crippen LogP contribution in [-0.4, -0.2) is 35.8 Å². The van der Waals surface area contributed by atoms with Gasteiger partial charge in [-0.3, -0.25) is 0 Å². The minimum Gasteiger partial charge on any atom is -0.506 e. The second-order valence-corrected chi connectivity index (χ2v) is 4.59. The molecule has 1 aromatic carbocycles. The molecule has 0 spiro atoms. The lowest BCUT2D eigenvalue weighted by atomic mass is 10.1. The molecule has 0 aliphatic rings. The number of aromatic hydroxyl groups is 1. The number of rotatable bonds is 3. The van der Waals surface area contributed by atoms with Gasteiger partial charge in [-0.2, -0.15) is 5.26 Å². The lowest BCUT2D eigenvalue weighted by Crippen LogP contribution is -2.12. The molecule has 0 fully saturated rings. The number of ether oxygens (including phenoxy) is 2. The number of halogens is 1. The number of phenols is 1. The maximum Gasteiger partial charge on any atom is 0.357 e. The van der Waals surface area contributed by atoms with Gasteiger partial charge in [-0.25, -0.2) is 14.0 Å². The van der Waals surface area contributed by atoms with E-state index in [9.17, 15) is 19.1 Å². The van der Waals surface area contributed by atoms with Crippen molar-refractivity contribution in [3.05, 3.63) is 41.0 Å². The van der Waals surface area contributed by atoms with Gasteiger partial charge in [-0.15, -0.1) is 0 Å². The van der Waals surface area contributed by atoms with Crippen LogP contribution in [0.25, 0.3) is 5.69 Å². The molecular weight excluding hydrogens is 321 g/mol. The Labute approximate surface area is 135 Å². The van der Waals surface area contributed by atoms with E-state index in [0.29, 0.717) is 6.07 Å². The van der Waals surface area contributed by atoms with Crippen LogP contribution in [0.1, 0.15) is 26.4 Å². The normalized spacial score (nSPS) is 10.1. The highest BCUT2D eigenvalue weighted by Gasteiger charge is 2.25. The van der Waals surface area contributed by atoms with Gasteiger partial charge in [-0.1, -0.05) is 0 Å². The van der Waals surface area contributed by atoms with E-state index in [0.717, 1.165) is 31.0 Å². The molecule has 8 nitrogen and oxygen atoms in total. The van der Waals surface area contributed by atoms with Crippen molar-refractivity contribution in [2.24, 2.45) is 0 Å². The van der Waals surface area contributed by atoms with E-state index in [-0.39, 0.29) is 22.6 Å². The molecule has 124 valence electrons. The minimum absolute atomic E-state index is 0.0567. The summed E-state index contributed by atoms with van der Waals surface area (Å²) in [5.74, 6) is -3.44. The number of anilines is 1. The van der Waals surface area contributed by atoms with Gasteiger partial charge in [0.05, 0.1) is 36.7 Å². The topological polar surface area (TPSA) is 128 Å². The Morgan fingerprint density at radius 2 is 1.92 bits per heavy atom.